The third kappa shape index (κ3) is 5.50. The van der Waals surface area contributed by atoms with Crippen molar-refractivity contribution in [3.05, 3.63) is 0 Å². The van der Waals surface area contributed by atoms with Crippen LogP contribution in [0.4, 0.5) is 0 Å². The lowest BCUT2D eigenvalue weighted by atomic mass is 9.72. The van der Waals surface area contributed by atoms with E-state index in [1.165, 1.54) is 32.1 Å². The lowest BCUT2D eigenvalue weighted by molar-refractivity contribution is -0.0487. The molecule has 22 heavy (non-hydrogen) atoms. The number of hydrogen-bond donors (Lipinski definition) is 1. The molecular formula is C19H37NO2. The maximum absolute atomic E-state index is 10.3. The summed E-state index contributed by atoms with van der Waals surface area (Å²) in [6.45, 7) is 11.7. The summed E-state index contributed by atoms with van der Waals surface area (Å²) in [6, 6.07) is 0.616. The van der Waals surface area contributed by atoms with Crippen molar-refractivity contribution in [3.63, 3.8) is 0 Å². The molecule has 0 aromatic carbocycles. The van der Waals surface area contributed by atoms with Crippen LogP contribution in [0.1, 0.15) is 72.6 Å². The molecule has 130 valence electrons. The highest BCUT2D eigenvalue weighted by Gasteiger charge is 2.30. The van der Waals surface area contributed by atoms with Gasteiger partial charge in [-0.1, -0.05) is 27.2 Å². The molecule has 0 bridgehead atoms. The quantitative estimate of drug-likeness (QED) is 0.837. The summed E-state index contributed by atoms with van der Waals surface area (Å²) in [5.74, 6) is 0.825. The van der Waals surface area contributed by atoms with Crippen molar-refractivity contribution in [1.82, 2.24) is 4.90 Å². The first-order chi connectivity index (χ1) is 10.4. The Morgan fingerprint density at radius 3 is 2.36 bits per heavy atom. The molecule has 0 spiro atoms. The lowest BCUT2D eigenvalue weighted by Crippen LogP contribution is -2.43. The van der Waals surface area contributed by atoms with Gasteiger partial charge in [0.25, 0.3) is 0 Å². The van der Waals surface area contributed by atoms with Gasteiger partial charge >= 0.3 is 0 Å². The van der Waals surface area contributed by atoms with Gasteiger partial charge in [-0.15, -0.1) is 0 Å². The summed E-state index contributed by atoms with van der Waals surface area (Å²) in [4.78, 5) is 2.42. The van der Waals surface area contributed by atoms with Crippen LogP contribution in [0.5, 0.6) is 0 Å². The summed E-state index contributed by atoms with van der Waals surface area (Å²) in [7, 11) is 0. The zero-order valence-corrected chi connectivity index (χ0v) is 15.2. The van der Waals surface area contributed by atoms with Gasteiger partial charge < -0.3 is 9.84 Å². The second-order valence-corrected chi connectivity index (χ2v) is 8.67. The van der Waals surface area contributed by atoms with E-state index in [1.807, 2.05) is 0 Å². The predicted octanol–water partition coefficient (Wildman–Crippen LogP) is 3.84. The fraction of sp³-hybridized carbons (Fsp3) is 1.00. The van der Waals surface area contributed by atoms with E-state index < -0.39 is 0 Å². The third-order valence-electron chi connectivity index (χ3n) is 5.81. The van der Waals surface area contributed by atoms with Crippen molar-refractivity contribution in [2.45, 2.75) is 90.9 Å². The van der Waals surface area contributed by atoms with Gasteiger partial charge in [0.2, 0.25) is 0 Å². The molecule has 3 heteroatoms. The summed E-state index contributed by atoms with van der Waals surface area (Å²) in [5.41, 5.74) is 0.425. The maximum Gasteiger partial charge on any atom is 0.0900 e. The van der Waals surface area contributed by atoms with Gasteiger partial charge in [-0.25, -0.2) is 0 Å². The second-order valence-electron chi connectivity index (χ2n) is 8.67. The van der Waals surface area contributed by atoms with Crippen LogP contribution in [0.2, 0.25) is 0 Å². The van der Waals surface area contributed by atoms with Gasteiger partial charge in [0.1, 0.15) is 0 Å². The smallest absolute Gasteiger partial charge is 0.0900 e. The van der Waals surface area contributed by atoms with Crippen LogP contribution in [0.25, 0.3) is 0 Å². The van der Waals surface area contributed by atoms with E-state index in [9.17, 15) is 5.11 Å². The van der Waals surface area contributed by atoms with Crippen LogP contribution in [0, 0.1) is 11.3 Å². The number of piperidine rings is 1. The topological polar surface area (TPSA) is 32.7 Å². The SMILES string of the molecule is CC1CCCCN1CC(O)COC1CCC(C(C)(C)C)CC1. The highest BCUT2D eigenvalue weighted by molar-refractivity contribution is 4.81. The van der Waals surface area contributed by atoms with E-state index >= 15 is 0 Å². The molecule has 1 aliphatic carbocycles. The molecule has 2 aliphatic rings. The Labute approximate surface area is 137 Å². The van der Waals surface area contributed by atoms with E-state index in [4.69, 9.17) is 4.74 Å². The first-order valence-electron chi connectivity index (χ1n) is 9.40. The van der Waals surface area contributed by atoms with E-state index in [0.29, 0.717) is 24.2 Å². The standard InChI is InChI=1S/C19H37NO2/c1-15-7-5-6-12-20(15)13-17(21)14-22-18-10-8-16(9-11-18)19(2,3)4/h15-18,21H,5-14H2,1-4H3. The number of ether oxygens (including phenoxy) is 1. The van der Waals surface area contributed by atoms with Crippen molar-refractivity contribution in [2.24, 2.45) is 11.3 Å². The number of aliphatic hydroxyl groups excluding tert-OH is 1. The zero-order chi connectivity index (χ0) is 16.2. The monoisotopic (exact) mass is 311 g/mol. The molecule has 0 aromatic heterocycles. The first kappa shape index (κ1) is 18.2. The Hall–Kier alpha value is -0.120. The molecule has 1 N–H and O–H groups in total. The van der Waals surface area contributed by atoms with Gasteiger partial charge in [0.05, 0.1) is 18.8 Å². The maximum atomic E-state index is 10.3. The van der Waals surface area contributed by atoms with Crippen LogP contribution < -0.4 is 0 Å². The predicted molar refractivity (Wildman–Crippen MR) is 92.0 cm³/mol. The van der Waals surface area contributed by atoms with E-state index in [-0.39, 0.29) is 6.10 Å². The first-order valence-corrected chi connectivity index (χ1v) is 9.40. The van der Waals surface area contributed by atoms with E-state index in [2.05, 4.69) is 32.6 Å². The van der Waals surface area contributed by atoms with Crippen LogP contribution in [0.15, 0.2) is 0 Å². The molecule has 2 unspecified atom stereocenters. The Morgan fingerprint density at radius 2 is 1.77 bits per heavy atom. The number of likely N-dealkylation sites (tertiary alicyclic amines) is 1. The Morgan fingerprint density at radius 1 is 1.09 bits per heavy atom. The minimum Gasteiger partial charge on any atom is -0.389 e. The van der Waals surface area contributed by atoms with Crippen molar-refractivity contribution in [1.29, 1.82) is 0 Å². The highest BCUT2D eigenvalue weighted by atomic mass is 16.5. The molecule has 2 atom stereocenters. The fourth-order valence-corrected chi connectivity index (χ4v) is 4.09. The number of β-amino-alcohol motifs (C(OH)–C–C–N with tert-alkyl or cyclic N) is 1. The number of rotatable bonds is 5. The molecule has 0 aromatic rings. The molecule has 1 saturated carbocycles. The third-order valence-corrected chi connectivity index (χ3v) is 5.81. The molecule has 2 rings (SSSR count). The van der Waals surface area contributed by atoms with Gasteiger partial charge in [-0.3, -0.25) is 4.90 Å². The summed E-state index contributed by atoms with van der Waals surface area (Å²) in [6.07, 6.45) is 8.78. The van der Waals surface area contributed by atoms with Crippen LogP contribution in [-0.2, 0) is 4.74 Å². The molecule has 1 aliphatic heterocycles. The van der Waals surface area contributed by atoms with Crippen LogP contribution in [0.3, 0.4) is 0 Å². The summed E-state index contributed by atoms with van der Waals surface area (Å²) >= 11 is 0. The molecule has 2 fully saturated rings. The van der Waals surface area contributed by atoms with Gasteiger partial charge in [0.15, 0.2) is 0 Å². The average Bonchev–Trinajstić information content (AvgIpc) is 2.47. The highest BCUT2D eigenvalue weighted by Crippen LogP contribution is 2.38. The number of nitrogens with zero attached hydrogens (tertiary/aromatic N) is 1. The van der Waals surface area contributed by atoms with Crippen LogP contribution in [-0.4, -0.2) is 48.0 Å². The van der Waals surface area contributed by atoms with Gasteiger partial charge in [0, 0.05) is 12.6 Å². The van der Waals surface area contributed by atoms with Crippen molar-refractivity contribution < 1.29 is 9.84 Å². The number of aliphatic hydroxyl groups is 1. The molecule has 1 heterocycles. The Kier molecular flexibility index (Phi) is 6.73. The number of hydrogen-bond acceptors (Lipinski definition) is 3. The van der Waals surface area contributed by atoms with Gasteiger partial charge in [-0.2, -0.15) is 0 Å². The largest absolute Gasteiger partial charge is 0.389 e. The molecule has 1 saturated heterocycles. The molecule has 3 nitrogen and oxygen atoms in total. The van der Waals surface area contributed by atoms with E-state index in [1.54, 1.807) is 0 Å². The minimum atomic E-state index is -0.333. The Bertz CT molecular complexity index is 318. The summed E-state index contributed by atoms with van der Waals surface area (Å²) in [5, 5.41) is 10.3. The minimum absolute atomic E-state index is 0.333. The lowest BCUT2D eigenvalue weighted by Gasteiger charge is -2.37. The average molecular weight is 312 g/mol. The fourth-order valence-electron chi connectivity index (χ4n) is 4.09. The molecular weight excluding hydrogens is 274 g/mol. The zero-order valence-electron chi connectivity index (χ0n) is 15.2. The van der Waals surface area contributed by atoms with Crippen molar-refractivity contribution >= 4 is 0 Å². The molecule has 0 radical (unpaired) electrons. The van der Waals surface area contributed by atoms with Crippen molar-refractivity contribution in [3.8, 4) is 0 Å². The van der Waals surface area contributed by atoms with E-state index in [0.717, 1.165) is 31.8 Å². The van der Waals surface area contributed by atoms with Crippen molar-refractivity contribution in [2.75, 3.05) is 19.7 Å². The van der Waals surface area contributed by atoms with Gasteiger partial charge in [-0.05, 0) is 63.3 Å². The second kappa shape index (κ2) is 8.12. The Balaban J connectivity index is 1.64. The van der Waals surface area contributed by atoms with Crippen LogP contribution >= 0.6 is 0 Å². The summed E-state index contributed by atoms with van der Waals surface area (Å²) < 4.78 is 6.01. The molecule has 0 amide bonds. The normalized spacial score (nSPS) is 32.9.